The Bertz CT molecular complexity index is 1090. The van der Waals surface area contributed by atoms with Crippen molar-refractivity contribution in [2.75, 3.05) is 28.6 Å². The van der Waals surface area contributed by atoms with Crippen LogP contribution in [-0.2, 0) is 11.8 Å². The molecule has 0 unspecified atom stereocenters. The van der Waals surface area contributed by atoms with E-state index in [1.165, 1.54) is 11.3 Å². The number of rotatable bonds is 11. The molecule has 3 aromatic rings. The van der Waals surface area contributed by atoms with E-state index in [1.807, 2.05) is 102 Å². The predicted octanol–water partition coefficient (Wildman–Crippen LogP) is 5.75. The summed E-state index contributed by atoms with van der Waals surface area (Å²) in [4.78, 5) is 12.3. The second-order valence-electron chi connectivity index (χ2n) is 7.50. The molecule has 0 aliphatic heterocycles. The minimum Gasteiger partial charge on any atom is -0.480 e. The Labute approximate surface area is 203 Å². The highest BCUT2D eigenvalue weighted by Crippen LogP contribution is 2.31. The standard InChI is InChI=1S/C24H29N5O2S2/c1-5-28(29(19-9-7-6-8-10-19)22(23(30)31)13-15-32-4)20-11-12-21(18(2)17-20)25-26-24-27(3)14-16-33-24/h6-12,14,16-17,22H,5,13,15H2,1-4H3/p+1/t22-/m0/s1. The summed E-state index contributed by atoms with van der Waals surface area (Å²) in [6.07, 6.45) is 4.48. The highest BCUT2D eigenvalue weighted by Gasteiger charge is 2.30. The van der Waals surface area contributed by atoms with Crippen LogP contribution in [0.2, 0.25) is 0 Å². The lowest BCUT2D eigenvalue weighted by Gasteiger charge is -2.41. The number of anilines is 2. The van der Waals surface area contributed by atoms with Crippen molar-refractivity contribution in [3.63, 3.8) is 0 Å². The van der Waals surface area contributed by atoms with Crippen molar-refractivity contribution in [1.29, 1.82) is 0 Å². The molecule has 7 nitrogen and oxygen atoms in total. The molecule has 1 heterocycles. The molecule has 33 heavy (non-hydrogen) atoms. The van der Waals surface area contributed by atoms with Crippen LogP contribution in [0.1, 0.15) is 18.9 Å². The fourth-order valence-corrected chi connectivity index (χ4v) is 4.68. The fourth-order valence-electron chi connectivity index (χ4n) is 3.54. The van der Waals surface area contributed by atoms with Crippen LogP contribution in [0.3, 0.4) is 0 Å². The summed E-state index contributed by atoms with van der Waals surface area (Å²) in [5, 5.41) is 25.6. The molecule has 0 amide bonds. The number of hydrogen-bond acceptors (Lipinski definition) is 7. The zero-order valence-electron chi connectivity index (χ0n) is 19.4. The van der Waals surface area contributed by atoms with E-state index in [4.69, 9.17) is 0 Å². The number of aliphatic carboxylic acids is 1. The first kappa shape index (κ1) is 24.7. The molecule has 3 rings (SSSR count). The van der Waals surface area contributed by atoms with Gasteiger partial charge < -0.3 is 5.11 Å². The third-order valence-corrected chi connectivity index (χ3v) is 6.72. The number of aromatic nitrogens is 1. The minimum atomic E-state index is -0.836. The first-order chi connectivity index (χ1) is 16.0. The van der Waals surface area contributed by atoms with E-state index in [9.17, 15) is 9.90 Å². The Hall–Kier alpha value is -2.91. The highest BCUT2D eigenvalue weighted by atomic mass is 32.2. The van der Waals surface area contributed by atoms with Gasteiger partial charge in [-0.3, -0.25) is 10.0 Å². The number of thiazole rings is 1. The average Bonchev–Trinajstić information content (AvgIpc) is 3.23. The van der Waals surface area contributed by atoms with E-state index < -0.39 is 12.0 Å². The maximum absolute atomic E-state index is 12.3. The van der Waals surface area contributed by atoms with Crippen LogP contribution < -0.4 is 14.6 Å². The number of aryl methyl sites for hydroxylation is 2. The highest BCUT2D eigenvalue weighted by molar-refractivity contribution is 7.98. The lowest BCUT2D eigenvalue weighted by atomic mass is 10.1. The lowest BCUT2D eigenvalue weighted by Crippen LogP contribution is -2.53. The number of hydrazine groups is 1. The molecule has 0 aliphatic carbocycles. The van der Waals surface area contributed by atoms with Gasteiger partial charge in [0.25, 0.3) is 0 Å². The van der Waals surface area contributed by atoms with Crippen LogP contribution in [0.4, 0.5) is 22.2 Å². The van der Waals surface area contributed by atoms with Crippen LogP contribution in [-0.4, -0.2) is 35.7 Å². The van der Waals surface area contributed by atoms with Gasteiger partial charge in [0.05, 0.1) is 23.5 Å². The second kappa shape index (κ2) is 11.8. The van der Waals surface area contributed by atoms with Gasteiger partial charge >= 0.3 is 11.1 Å². The SMILES string of the molecule is CCN(c1ccc(N=Nc2scc[n+]2C)c(C)c1)N(c1ccccc1)[C@@H](CCSC)C(=O)O. The van der Waals surface area contributed by atoms with Crippen LogP contribution in [0.15, 0.2) is 70.3 Å². The molecule has 1 aromatic heterocycles. The Morgan fingerprint density at radius 2 is 1.94 bits per heavy atom. The van der Waals surface area contributed by atoms with Crippen molar-refractivity contribution in [2.45, 2.75) is 26.3 Å². The van der Waals surface area contributed by atoms with Crippen LogP contribution in [0, 0.1) is 6.92 Å². The zero-order valence-corrected chi connectivity index (χ0v) is 21.0. The topological polar surface area (TPSA) is 72.4 Å². The number of para-hydroxylation sites is 1. The summed E-state index contributed by atoms with van der Waals surface area (Å²) in [6, 6.07) is 15.0. The van der Waals surface area contributed by atoms with Crippen molar-refractivity contribution in [2.24, 2.45) is 17.3 Å². The van der Waals surface area contributed by atoms with E-state index in [2.05, 4.69) is 10.2 Å². The Morgan fingerprint density at radius 3 is 2.52 bits per heavy atom. The number of nitrogens with zero attached hydrogens (tertiary/aromatic N) is 5. The smallest absolute Gasteiger partial charge is 0.408 e. The number of carboxylic acids is 1. The van der Waals surface area contributed by atoms with Gasteiger partial charge in [-0.2, -0.15) is 11.8 Å². The van der Waals surface area contributed by atoms with Crippen molar-refractivity contribution >= 4 is 51.3 Å². The number of carbonyl (C=O) groups is 1. The summed E-state index contributed by atoms with van der Waals surface area (Å²) in [5.41, 5.74) is 3.51. The van der Waals surface area contributed by atoms with Crippen LogP contribution >= 0.6 is 23.1 Å². The zero-order chi connectivity index (χ0) is 23.8. The van der Waals surface area contributed by atoms with Crippen molar-refractivity contribution in [1.82, 2.24) is 0 Å². The number of benzene rings is 2. The molecule has 0 spiro atoms. The summed E-state index contributed by atoms with van der Waals surface area (Å²) < 4.78 is 1.93. The van der Waals surface area contributed by atoms with Crippen molar-refractivity contribution in [3.8, 4) is 0 Å². The summed E-state index contributed by atoms with van der Waals surface area (Å²) in [6.45, 7) is 4.64. The molecule has 9 heteroatoms. The molecular formula is C24H30N5O2S2+. The summed E-state index contributed by atoms with van der Waals surface area (Å²) in [7, 11) is 1.94. The van der Waals surface area contributed by atoms with Gasteiger partial charge in [-0.25, -0.2) is 9.36 Å². The molecule has 0 fully saturated rings. The fraction of sp³-hybridized carbons (Fsp3) is 0.333. The number of hydrogen-bond donors (Lipinski definition) is 1. The van der Waals surface area contributed by atoms with E-state index in [0.29, 0.717) is 13.0 Å². The maximum atomic E-state index is 12.3. The molecule has 0 bridgehead atoms. The largest absolute Gasteiger partial charge is 0.480 e. The quantitative estimate of drug-likeness (QED) is 0.213. The first-order valence-electron chi connectivity index (χ1n) is 10.7. The number of thioether (sulfide) groups is 1. The number of azo groups is 1. The lowest BCUT2D eigenvalue weighted by molar-refractivity contribution is -0.654. The Balaban J connectivity index is 1.97. The van der Waals surface area contributed by atoms with Gasteiger partial charge in [0, 0.05) is 11.9 Å². The van der Waals surface area contributed by atoms with Gasteiger partial charge in [-0.1, -0.05) is 18.2 Å². The van der Waals surface area contributed by atoms with Crippen molar-refractivity contribution in [3.05, 3.63) is 65.7 Å². The van der Waals surface area contributed by atoms with Gasteiger partial charge in [-0.05, 0) is 84.6 Å². The maximum Gasteiger partial charge on any atom is 0.408 e. The third-order valence-electron chi connectivity index (χ3n) is 5.24. The second-order valence-corrected chi connectivity index (χ2v) is 9.36. The number of carboxylic acid groups (broad SMARTS) is 1. The molecule has 0 aliphatic rings. The molecule has 174 valence electrons. The van der Waals surface area contributed by atoms with Gasteiger partial charge in [0.15, 0.2) is 0 Å². The molecule has 1 N–H and O–H groups in total. The normalized spacial score (nSPS) is 12.1. The van der Waals surface area contributed by atoms with Gasteiger partial charge in [0.2, 0.25) is 0 Å². The van der Waals surface area contributed by atoms with Crippen LogP contribution in [0.25, 0.3) is 0 Å². The molecule has 0 saturated carbocycles. The Morgan fingerprint density at radius 1 is 1.18 bits per heavy atom. The van der Waals surface area contributed by atoms with E-state index in [0.717, 1.165) is 33.5 Å². The summed E-state index contributed by atoms with van der Waals surface area (Å²) >= 11 is 3.18. The predicted molar refractivity (Wildman–Crippen MR) is 137 cm³/mol. The van der Waals surface area contributed by atoms with Crippen LogP contribution in [0.5, 0.6) is 0 Å². The summed E-state index contributed by atoms with van der Waals surface area (Å²) in [5.74, 6) is -0.0756. The third kappa shape index (κ3) is 6.11. The molecule has 1 atom stereocenters. The first-order valence-corrected chi connectivity index (χ1v) is 13.0. The van der Waals surface area contributed by atoms with Gasteiger partial charge in [-0.15, -0.1) is 0 Å². The van der Waals surface area contributed by atoms with E-state index in [1.54, 1.807) is 11.8 Å². The molecule has 2 aromatic carbocycles. The van der Waals surface area contributed by atoms with E-state index >= 15 is 0 Å². The van der Waals surface area contributed by atoms with Crippen molar-refractivity contribution < 1.29 is 14.5 Å². The minimum absolute atomic E-state index is 0.533. The molecule has 0 radical (unpaired) electrons. The average molecular weight is 485 g/mol. The Kier molecular flexibility index (Phi) is 8.85. The van der Waals surface area contributed by atoms with Gasteiger partial charge in [0.1, 0.15) is 17.9 Å². The van der Waals surface area contributed by atoms with E-state index in [-0.39, 0.29) is 0 Å². The molecule has 0 saturated heterocycles. The monoisotopic (exact) mass is 484 g/mol. The molecular weight excluding hydrogens is 454 g/mol.